The molecule has 44 heavy (non-hydrogen) atoms. The first kappa shape index (κ1) is 37.6. The highest BCUT2D eigenvalue weighted by Crippen LogP contribution is 2.16. The van der Waals surface area contributed by atoms with Gasteiger partial charge in [0.25, 0.3) is 5.91 Å². The fraction of sp³-hybridized carbons (Fsp3) is 0.265. The second-order valence-electron chi connectivity index (χ2n) is 10.7. The number of rotatable bonds is 13. The third-order valence-electron chi connectivity index (χ3n) is 6.92. The van der Waals surface area contributed by atoms with Gasteiger partial charge in [-0.05, 0) is 102 Å². The van der Waals surface area contributed by atoms with Crippen molar-refractivity contribution in [2.75, 3.05) is 13.6 Å². The molecular formula is C34H38Cl2F2IN3O2. The largest absolute Gasteiger partial charge is 0.390 e. The van der Waals surface area contributed by atoms with Crippen molar-refractivity contribution < 1.29 is 18.7 Å². The van der Waals surface area contributed by atoms with Gasteiger partial charge in [-0.1, -0.05) is 54.1 Å². The fourth-order valence-electron chi connectivity index (χ4n) is 5.01. The van der Waals surface area contributed by atoms with E-state index in [2.05, 4.69) is 56.3 Å². The lowest BCUT2D eigenvalue weighted by Gasteiger charge is -2.25. The van der Waals surface area contributed by atoms with Crippen molar-refractivity contribution in [3.63, 3.8) is 0 Å². The fourth-order valence-corrected chi connectivity index (χ4v) is 5.62. The van der Waals surface area contributed by atoms with Gasteiger partial charge in [-0.3, -0.25) is 9.69 Å². The summed E-state index contributed by atoms with van der Waals surface area (Å²) in [5.41, 5.74) is 5.14. The Balaban J connectivity index is 0.00000337. The Kier molecular flexibility index (Phi) is 15.7. The molecule has 0 aliphatic heterocycles. The van der Waals surface area contributed by atoms with Crippen LogP contribution in [0.4, 0.5) is 8.78 Å². The smallest absolute Gasteiger partial charge is 0.251 e. The highest BCUT2D eigenvalue weighted by atomic mass is 127. The van der Waals surface area contributed by atoms with E-state index in [1.54, 1.807) is 0 Å². The molecule has 236 valence electrons. The number of hydrogen-bond acceptors (Lipinski definition) is 4. The van der Waals surface area contributed by atoms with Crippen LogP contribution in [0.25, 0.3) is 0 Å². The summed E-state index contributed by atoms with van der Waals surface area (Å²) < 4.78 is 28.8. The number of nitrogens with zero attached hydrogens (tertiary/aromatic N) is 1. The average molecular weight is 757 g/mol. The van der Waals surface area contributed by atoms with Crippen LogP contribution in [-0.4, -0.2) is 41.7 Å². The van der Waals surface area contributed by atoms with Gasteiger partial charge in [0.05, 0.1) is 6.10 Å². The highest BCUT2D eigenvalue weighted by molar-refractivity contribution is 14.1. The summed E-state index contributed by atoms with van der Waals surface area (Å²) in [6.07, 6.45) is -0.831. The summed E-state index contributed by atoms with van der Waals surface area (Å²) in [6.45, 7) is 3.83. The normalized spacial score (nSPS) is 12.2. The van der Waals surface area contributed by atoms with E-state index in [4.69, 9.17) is 0 Å². The Hall–Kier alpha value is -2.60. The number of aryl methyl sites for hydroxylation is 1. The van der Waals surface area contributed by atoms with Crippen LogP contribution in [0.2, 0.25) is 0 Å². The maximum atomic E-state index is 13.9. The van der Waals surface area contributed by atoms with E-state index in [0.29, 0.717) is 24.2 Å². The first-order valence-corrected chi connectivity index (χ1v) is 14.9. The number of halogens is 5. The third-order valence-corrected chi connectivity index (χ3v) is 7.59. The second kappa shape index (κ2) is 18.4. The predicted octanol–water partition coefficient (Wildman–Crippen LogP) is 6.85. The zero-order valence-corrected chi connectivity index (χ0v) is 28.4. The summed E-state index contributed by atoms with van der Waals surface area (Å²) in [6, 6.07) is 26.7. The van der Waals surface area contributed by atoms with E-state index in [1.165, 1.54) is 17.7 Å². The quantitative estimate of drug-likeness (QED) is 0.131. The lowest BCUT2D eigenvalue weighted by atomic mass is 10.00. The molecule has 2 unspecified atom stereocenters. The van der Waals surface area contributed by atoms with Gasteiger partial charge in [0.2, 0.25) is 0 Å². The third kappa shape index (κ3) is 12.1. The van der Waals surface area contributed by atoms with Crippen molar-refractivity contribution in [1.29, 1.82) is 0 Å². The van der Waals surface area contributed by atoms with Crippen molar-refractivity contribution in [2.24, 2.45) is 0 Å². The summed E-state index contributed by atoms with van der Waals surface area (Å²) in [7, 11) is 2.04. The van der Waals surface area contributed by atoms with Gasteiger partial charge < -0.3 is 15.7 Å². The maximum Gasteiger partial charge on any atom is 0.251 e. The van der Waals surface area contributed by atoms with Crippen LogP contribution in [0.15, 0.2) is 91.0 Å². The van der Waals surface area contributed by atoms with Crippen LogP contribution in [0.1, 0.15) is 38.2 Å². The zero-order chi connectivity index (χ0) is 30.1. The summed E-state index contributed by atoms with van der Waals surface area (Å²) in [5.74, 6) is -1.64. The lowest BCUT2D eigenvalue weighted by molar-refractivity contribution is 0.0874. The van der Waals surface area contributed by atoms with E-state index in [9.17, 15) is 18.7 Å². The minimum absolute atomic E-state index is 0. The van der Waals surface area contributed by atoms with Crippen molar-refractivity contribution in [1.82, 2.24) is 15.5 Å². The molecule has 5 nitrogen and oxygen atoms in total. The molecule has 0 heterocycles. The van der Waals surface area contributed by atoms with Gasteiger partial charge in [-0.15, -0.1) is 24.8 Å². The molecule has 0 saturated heterocycles. The Morgan fingerprint density at radius 2 is 1.50 bits per heavy atom. The molecule has 1 amide bonds. The van der Waals surface area contributed by atoms with Gasteiger partial charge in [0.15, 0.2) is 0 Å². The summed E-state index contributed by atoms with van der Waals surface area (Å²) >= 11 is 2.23. The van der Waals surface area contributed by atoms with Crippen LogP contribution in [0.3, 0.4) is 0 Å². The predicted molar refractivity (Wildman–Crippen MR) is 185 cm³/mol. The number of hydrogen-bond donors (Lipinski definition) is 3. The molecule has 4 rings (SSSR count). The molecule has 0 fully saturated rings. The molecule has 4 aromatic rings. The number of carbonyl (C=O) groups is 1. The molecule has 4 aromatic carbocycles. The molecule has 0 aliphatic carbocycles. The molecular weight excluding hydrogens is 718 g/mol. The van der Waals surface area contributed by atoms with Crippen LogP contribution < -0.4 is 10.6 Å². The number of benzene rings is 4. The molecule has 3 N–H and O–H groups in total. The molecule has 0 aliphatic rings. The van der Waals surface area contributed by atoms with Crippen molar-refractivity contribution in [3.8, 4) is 0 Å². The SMILES string of the molecule is Cc1cc(CN(C)Cc2ccccc2)cc(C(=O)NCC(O)C(Cc2cc(F)cc(F)c2)NCc2cccc(I)c2)c1.Cl.Cl. The molecule has 0 bridgehead atoms. The molecule has 0 aromatic heterocycles. The van der Waals surface area contributed by atoms with Crippen molar-refractivity contribution in [3.05, 3.63) is 140 Å². The van der Waals surface area contributed by atoms with Gasteiger partial charge in [0.1, 0.15) is 11.6 Å². The van der Waals surface area contributed by atoms with E-state index < -0.39 is 23.8 Å². The highest BCUT2D eigenvalue weighted by Gasteiger charge is 2.21. The summed E-state index contributed by atoms with van der Waals surface area (Å²) in [4.78, 5) is 15.4. The van der Waals surface area contributed by atoms with Gasteiger partial charge in [0, 0.05) is 47.4 Å². The average Bonchev–Trinajstić information content (AvgIpc) is 2.93. The van der Waals surface area contributed by atoms with Gasteiger partial charge in [-0.2, -0.15) is 0 Å². The van der Waals surface area contributed by atoms with Crippen LogP contribution in [-0.2, 0) is 26.1 Å². The zero-order valence-electron chi connectivity index (χ0n) is 24.6. The number of amides is 1. The number of carbonyl (C=O) groups excluding carboxylic acids is 1. The minimum atomic E-state index is -1.01. The molecule has 10 heteroatoms. The number of aliphatic hydroxyl groups is 1. The van der Waals surface area contributed by atoms with Crippen LogP contribution in [0, 0.1) is 22.1 Å². The van der Waals surface area contributed by atoms with E-state index in [-0.39, 0.29) is 43.7 Å². The van der Waals surface area contributed by atoms with E-state index >= 15 is 0 Å². The first-order chi connectivity index (χ1) is 20.1. The van der Waals surface area contributed by atoms with Crippen molar-refractivity contribution in [2.45, 2.75) is 45.1 Å². The Morgan fingerprint density at radius 1 is 0.841 bits per heavy atom. The standard InChI is InChI=1S/C34H36F2IN3O2.2ClH/c1-23-11-27(22-40(2)21-24-7-4-3-5-8-24)13-28(12-23)34(42)39-20-33(41)32(17-26-14-29(35)18-30(36)15-26)38-19-25-9-6-10-31(37)16-25;;/h3-16,18,32-33,38,41H,17,19-22H2,1-2H3,(H,39,42);2*1H. The van der Waals surface area contributed by atoms with Crippen molar-refractivity contribution >= 4 is 53.3 Å². The van der Waals surface area contributed by atoms with E-state index in [0.717, 1.165) is 32.9 Å². The first-order valence-electron chi connectivity index (χ1n) is 13.9. The molecule has 0 saturated carbocycles. The Labute approximate surface area is 284 Å². The monoisotopic (exact) mass is 755 g/mol. The van der Waals surface area contributed by atoms with Crippen LogP contribution in [0.5, 0.6) is 0 Å². The maximum absolute atomic E-state index is 13.9. The molecule has 0 radical (unpaired) electrons. The Morgan fingerprint density at radius 3 is 2.18 bits per heavy atom. The Bertz CT molecular complexity index is 1480. The number of aliphatic hydroxyl groups excluding tert-OH is 1. The van der Waals surface area contributed by atoms with Gasteiger partial charge in [-0.25, -0.2) is 8.78 Å². The topological polar surface area (TPSA) is 64.6 Å². The number of nitrogens with one attached hydrogen (secondary N) is 2. The molecule has 2 atom stereocenters. The minimum Gasteiger partial charge on any atom is -0.390 e. The van der Waals surface area contributed by atoms with E-state index in [1.807, 2.05) is 68.6 Å². The molecule has 0 spiro atoms. The van der Waals surface area contributed by atoms with Crippen LogP contribution >= 0.6 is 47.4 Å². The second-order valence-corrected chi connectivity index (χ2v) is 12.0. The lowest BCUT2D eigenvalue weighted by Crippen LogP contribution is -2.47. The van der Waals surface area contributed by atoms with Gasteiger partial charge >= 0.3 is 0 Å². The summed E-state index contributed by atoms with van der Waals surface area (Å²) in [5, 5.41) is 17.3.